The van der Waals surface area contributed by atoms with E-state index in [1.165, 1.54) is 6.33 Å². The first kappa shape index (κ1) is 33.9. The van der Waals surface area contributed by atoms with Crippen LogP contribution in [0, 0.1) is 10.8 Å². The van der Waals surface area contributed by atoms with E-state index in [1.807, 2.05) is 46.1 Å². The normalized spacial score (nSPS) is 16.0. The first-order valence-corrected chi connectivity index (χ1v) is 16.0. The molecule has 236 valence electrons. The van der Waals surface area contributed by atoms with Crippen LogP contribution in [0.25, 0.3) is 11.2 Å². The summed E-state index contributed by atoms with van der Waals surface area (Å²) in [5.74, 6) is -0.865. The van der Waals surface area contributed by atoms with Crippen molar-refractivity contribution in [3.8, 4) is 0 Å². The second-order valence-corrected chi connectivity index (χ2v) is 16.9. The van der Waals surface area contributed by atoms with Gasteiger partial charge in [-0.15, -0.1) is 0 Å². The van der Waals surface area contributed by atoms with Crippen molar-refractivity contribution in [1.82, 2.24) is 29.7 Å². The summed E-state index contributed by atoms with van der Waals surface area (Å²) in [7, 11) is -3.80. The quantitative estimate of drug-likeness (QED) is 0.220. The lowest BCUT2D eigenvalue weighted by Crippen LogP contribution is -2.54. The molecule has 14 heteroatoms. The first-order valence-electron chi connectivity index (χ1n) is 14.1. The molecule has 0 aliphatic heterocycles. The van der Waals surface area contributed by atoms with Crippen LogP contribution in [0.4, 0.5) is 5.82 Å². The first-order chi connectivity index (χ1) is 19.1. The number of anilines is 1. The number of carbonyl (C=O) groups is 2. The molecule has 1 fully saturated rings. The number of nitrogens with zero attached hydrogens (tertiary/aromatic N) is 4. The van der Waals surface area contributed by atoms with Crippen LogP contribution in [0.3, 0.4) is 0 Å². The van der Waals surface area contributed by atoms with Gasteiger partial charge in [-0.25, -0.2) is 25.1 Å². The number of rotatable bonds is 13. The minimum atomic E-state index is -3.80. The number of hydrogen-bond acceptors (Lipinski definition) is 10. The monoisotopic (exact) mass is 609 g/mol. The number of nitrogen functional groups attached to an aromatic ring is 1. The molecule has 13 nitrogen and oxygen atoms in total. The van der Waals surface area contributed by atoms with Gasteiger partial charge >= 0.3 is 11.9 Å². The van der Waals surface area contributed by atoms with Gasteiger partial charge in [-0.05, 0) is 51.4 Å². The Labute approximate surface area is 248 Å². The third-order valence-electron chi connectivity index (χ3n) is 6.46. The molecular weight excluding hydrogens is 561 g/mol. The summed E-state index contributed by atoms with van der Waals surface area (Å²) < 4.78 is 33.8. The van der Waals surface area contributed by atoms with Crippen LogP contribution in [0.15, 0.2) is 12.7 Å². The maximum absolute atomic E-state index is 14.6. The van der Waals surface area contributed by atoms with Gasteiger partial charge in [0, 0.05) is 0 Å². The summed E-state index contributed by atoms with van der Waals surface area (Å²) in [6.07, 6.45) is 4.11. The summed E-state index contributed by atoms with van der Waals surface area (Å²) >= 11 is 0. The number of nitrogens with one attached hydrogen (secondary N) is 2. The fourth-order valence-electron chi connectivity index (χ4n) is 4.05. The molecule has 0 bridgehead atoms. The molecule has 0 radical (unpaired) electrons. The number of aromatic nitrogens is 4. The molecule has 1 aliphatic rings. The number of nitrogens with two attached hydrogens (primary N) is 1. The molecule has 2 heterocycles. The van der Waals surface area contributed by atoms with Gasteiger partial charge in [-0.1, -0.05) is 41.5 Å². The standard InChI is InChI=1S/C28H48N7O6P/c1-24(2,3)14-39-22(36)26(7,8)33-42(38,34-27(9,10)23(37)40-15-25(4,5)6)18-41-28(11-12-28)13-35-17-32-19-20(29)30-16-31-21(19)35/h16-17H,11-15,18H2,1-10H3,(H2,29,30,31)(H2,33,34,38). The number of fused-ring (bicyclic) bond motifs is 1. The molecule has 0 saturated heterocycles. The molecule has 1 aliphatic carbocycles. The zero-order valence-corrected chi connectivity index (χ0v) is 27.6. The van der Waals surface area contributed by atoms with Gasteiger partial charge in [-0.2, -0.15) is 0 Å². The van der Waals surface area contributed by atoms with E-state index in [9.17, 15) is 14.2 Å². The highest BCUT2D eigenvalue weighted by Crippen LogP contribution is 2.48. The van der Waals surface area contributed by atoms with Crippen molar-refractivity contribution in [2.45, 2.75) is 105 Å². The van der Waals surface area contributed by atoms with Crippen molar-refractivity contribution in [2.75, 3.05) is 25.3 Å². The maximum Gasteiger partial charge on any atom is 0.326 e. The van der Waals surface area contributed by atoms with Gasteiger partial charge in [0.15, 0.2) is 11.5 Å². The second kappa shape index (κ2) is 11.8. The summed E-state index contributed by atoms with van der Waals surface area (Å²) in [5.41, 5.74) is 3.13. The summed E-state index contributed by atoms with van der Waals surface area (Å²) in [6, 6.07) is 0. The van der Waals surface area contributed by atoms with E-state index in [2.05, 4.69) is 25.1 Å². The van der Waals surface area contributed by atoms with E-state index >= 15 is 0 Å². The average molecular weight is 610 g/mol. The third kappa shape index (κ3) is 9.20. The number of imidazole rings is 1. The smallest absolute Gasteiger partial charge is 0.326 e. The van der Waals surface area contributed by atoms with Crippen LogP contribution in [-0.2, 0) is 34.9 Å². The fourth-order valence-corrected chi connectivity index (χ4v) is 6.68. The van der Waals surface area contributed by atoms with Crippen LogP contribution in [-0.4, -0.2) is 67.7 Å². The van der Waals surface area contributed by atoms with Crippen molar-refractivity contribution < 1.29 is 28.4 Å². The Morgan fingerprint density at radius 2 is 1.40 bits per heavy atom. The second-order valence-electron chi connectivity index (χ2n) is 14.7. The molecule has 0 unspecified atom stereocenters. The minimum absolute atomic E-state index is 0.186. The lowest BCUT2D eigenvalue weighted by atomic mass is 9.98. The van der Waals surface area contributed by atoms with Crippen LogP contribution in [0.5, 0.6) is 0 Å². The predicted octanol–water partition coefficient (Wildman–Crippen LogP) is 4.02. The molecular formula is C28H48N7O6P. The zero-order chi connectivity index (χ0) is 31.8. The fraction of sp³-hybridized carbons (Fsp3) is 0.750. The molecule has 42 heavy (non-hydrogen) atoms. The Hall–Kier alpha value is -2.60. The Morgan fingerprint density at radius 1 is 0.905 bits per heavy atom. The van der Waals surface area contributed by atoms with Crippen molar-refractivity contribution in [1.29, 1.82) is 0 Å². The largest absolute Gasteiger partial charge is 0.464 e. The van der Waals surface area contributed by atoms with Gasteiger partial charge in [0.2, 0.25) is 7.44 Å². The lowest BCUT2D eigenvalue weighted by molar-refractivity contribution is -0.152. The van der Waals surface area contributed by atoms with E-state index in [4.69, 9.17) is 19.9 Å². The Kier molecular flexibility index (Phi) is 9.54. The van der Waals surface area contributed by atoms with Gasteiger partial charge in [0.25, 0.3) is 0 Å². The molecule has 0 spiro atoms. The minimum Gasteiger partial charge on any atom is -0.464 e. The van der Waals surface area contributed by atoms with E-state index in [0.29, 0.717) is 30.6 Å². The molecule has 0 atom stereocenters. The van der Waals surface area contributed by atoms with Crippen molar-refractivity contribution in [3.05, 3.63) is 12.7 Å². The third-order valence-corrected chi connectivity index (χ3v) is 8.79. The van der Waals surface area contributed by atoms with Gasteiger partial charge in [0.05, 0.1) is 31.7 Å². The number of carbonyl (C=O) groups excluding carboxylic acids is 2. The van der Waals surface area contributed by atoms with Crippen molar-refractivity contribution >= 4 is 36.4 Å². The van der Waals surface area contributed by atoms with Gasteiger partial charge in [-0.3, -0.25) is 14.2 Å². The van der Waals surface area contributed by atoms with Crippen molar-refractivity contribution in [3.63, 3.8) is 0 Å². The molecule has 4 N–H and O–H groups in total. The maximum atomic E-state index is 14.6. The topological polar surface area (TPSA) is 173 Å². The summed E-state index contributed by atoms with van der Waals surface area (Å²) in [6.45, 7) is 18.8. The molecule has 2 aromatic rings. The Bertz CT molecular complexity index is 1290. The number of ether oxygens (including phenoxy) is 3. The molecule has 0 amide bonds. The Morgan fingerprint density at radius 3 is 1.86 bits per heavy atom. The summed E-state index contributed by atoms with van der Waals surface area (Å²) in [4.78, 5) is 38.8. The highest BCUT2D eigenvalue weighted by molar-refractivity contribution is 7.59. The number of hydrogen-bond donors (Lipinski definition) is 3. The lowest BCUT2D eigenvalue weighted by Gasteiger charge is -2.36. The Balaban J connectivity index is 1.82. The van der Waals surface area contributed by atoms with Gasteiger partial charge < -0.3 is 24.5 Å². The highest BCUT2D eigenvalue weighted by Gasteiger charge is 2.49. The zero-order valence-electron chi connectivity index (χ0n) is 26.7. The van der Waals surface area contributed by atoms with E-state index in [1.54, 1.807) is 34.0 Å². The van der Waals surface area contributed by atoms with E-state index in [-0.39, 0.29) is 36.2 Å². The van der Waals surface area contributed by atoms with E-state index < -0.39 is 36.1 Å². The van der Waals surface area contributed by atoms with Crippen LogP contribution in [0.2, 0.25) is 0 Å². The highest BCUT2D eigenvalue weighted by atomic mass is 31.2. The van der Waals surface area contributed by atoms with Crippen LogP contribution < -0.4 is 15.9 Å². The molecule has 3 rings (SSSR count). The molecule has 1 saturated carbocycles. The van der Waals surface area contributed by atoms with Crippen LogP contribution >= 0.6 is 7.44 Å². The van der Waals surface area contributed by atoms with Crippen LogP contribution in [0.1, 0.15) is 82.1 Å². The molecule has 0 aromatic carbocycles. The number of esters is 2. The SMILES string of the molecule is CC(C)(C)COC(=O)C(C)(C)NP(=O)(COC1(Cn2cnc3c(N)ncnc32)CC1)NC(C)(C)C(=O)OCC(C)(C)C. The molecule has 2 aromatic heterocycles. The average Bonchev–Trinajstić information content (AvgIpc) is 3.49. The predicted molar refractivity (Wildman–Crippen MR) is 161 cm³/mol. The van der Waals surface area contributed by atoms with Crippen molar-refractivity contribution in [2.24, 2.45) is 10.8 Å². The summed E-state index contributed by atoms with van der Waals surface area (Å²) in [5, 5.41) is 5.93. The van der Waals surface area contributed by atoms with E-state index in [0.717, 1.165) is 0 Å². The van der Waals surface area contributed by atoms with Gasteiger partial charge in [0.1, 0.15) is 29.3 Å².